The number of hydrogen-bond acceptors (Lipinski definition) is 2. The molecule has 5 rings (SSSR count). The van der Waals surface area contributed by atoms with E-state index in [2.05, 4.69) is 10.3 Å². The van der Waals surface area contributed by atoms with Gasteiger partial charge in [-0.15, -0.1) is 0 Å². The monoisotopic (exact) mass is 332 g/mol. The highest BCUT2D eigenvalue weighted by atomic mass is 19.4. The van der Waals surface area contributed by atoms with Crippen LogP contribution in [0.5, 0.6) is 0 Å². The van der Waals surface area contributed by atoms with Crippen LogP contribution in [0.15, 0.2) is 30.5 Å². The molecule has 1 fully saturated rings. The van der Waals surface area contributed by atoms with Crippen LogP contribution in [0.1, 0.15) is 59.9 Å². The first-order chi connectivity index (χ1) is 11.4. The second kappa shape index (κ2) is 5.50. The highest BCUT2D eigenvalue weighted by Crippen LogP contribution is 2.52. The molecule has 1 heterocycles. The van der Waals surface area contributed by atoms with Gasteiger partial charge in [0, 0.05) is 11.4 Å². The number of fused-ring (bicyclic) bond motifs is 2. The highest BCUT2D eigenvalue weighted by Gasteiger charge is 2.36. The lowest BCUT2D eigenvalue weighted by Crippen LogP contribution is -2.24. The minimum Gasteiger partial charge on any atom is -0.354 e. The first-order valence-electron chi connectivity index (χ1n) is 8.37. The predicted octanol–water partition coefficient (Wildman–Crippen LogP) is 5.91. The van der Waals surface area contributed by atoms with Gasteiger partial charge in [0.25, 0.3) is 0 Å². The van der Waals surface area contributed by atoms with Crippen molar-refractivity contribution in [1.82, 2.24) is 4.98 Å². The molecule has 2 nitrogen and oxygen atoms in total. The van der Waals surface area contributed by atoms with Gasteiger partial charge in [-0.05, 0) is 73.8 Å². The number of rotatable bonds is 2. The zero-order valence-corrected chi connectivity index (χ0v) is 13.5. The molecule has 0 aliphatic heterocycles. The second-order valence-electron chi connectivity index (χ2n) is 6.84. The smallest absolute Gasteiger partial charge is 0.354 e. The summed E-state index contributed by atoms with van der Waals surface area (Å²) in [5, 5.41) is 3.19. The van der Waals surface area contributed by atoms with E-state index in [0.717, 1.165) is 23.5 Å². The number of anilines is 2. The first kappa shape index (κ1) is 15.5. The highest BCUT2D eigenvalue weighted by molar-refractivity contribution is 5.67. The Hall–Kier alpha value is -2.04. The van der Waals surface area contributed by atoms with Crippen LogP contribution in [0.2, 0.25) is 0 Å². The summed E-state index contributed by atoms with van der Waals surface area (Å²) in [5.41, 5.74) is 4.36. The lowest BCUT2D eigenvalue weighted by Gasteiger charge is -2.40. The average Bonchev–Trinajstić information content (AvgIpc) is 2.58. The molecule has 0 amide bonds. The van der Waals surface area contributed by atoms with Crippen molar-refractivity contribution in [2.75, 3.05) is 5.32 Å². The molecule has 0 atom stereocenters. The third-order valence-corrected chi connectivity index (χ3v) is 5.37. The Kier molecular flexibility index (Phi) is 3.55. The maximum Gasteiger partial charge on any atom is 0.416 e. The van der Waals surface area contributed by atoms with E-state index in [-0.39, 0.29) is 0 Å². The van der Waals surface area contributed by atoms with Gasteiger partial charge < -0.3 is 5.32 Å². The summed E-state index contributed by atoms with van der Waals surface area (Å²) >= 11 is 0. The van der Waals surface area contributed by atoms with Crippen LogP contribution >= 0.6 is 0 Å². The molecule has 0 spiro atoms. The van der Waals surface area contributed by atoms with Crippen LogP contribution in [0, 0.1) is 6.92 Å². The standard InChI is InChI=1S/C19H19F3N2/c1-11-17-12-5-7-13(8-6-12)18(17)16(10-23-11)24-15-4-2-3-14(9-15)19(20,21)22/h2-4,9-10,12-13,24H,5-8H2,1H3. The average molecular weight is 332 g/mol. The summed E-state index contributed by atoms with van der Waals surface area (Å²) in [5.74, 6) is 1.06. The Morgan fingerprint density at radius 3 is 2.38 bits per heavy atom. The van der Waals surface area contributed by atoms with E-state index >= 15 is 0 Å². The molecule has 1 N–H and O–H groups in total. The van der Waals surface area contributed by atoms with Crippen molar-refractivity contribution in [3.8, 4) is 0 Å². The molecular weight excluding hydrogens is 313 g/mol. The Labute approximate surface area is 139 Å². The van der Waals surface area contributed by atoms with Crippen molar-refractivity contribution in [1.29, 1.82) is 0 Å². The molecule has 1 saturated carbocycles. The van der Waals surface area contributed by atoms with Gasteiger partial charge in [0.1, 0.15) is 0 Å². The van der Waals surface area contributed by atoms with Gasteiger partial charge in [-0.3, -0.25) is 4.98 Å². The van der Waals surface area contributed by atoms with E-state index in [0.29, 0.717) is 17.5 Å². The minimum atomic E-state index is -4.33. The number of halogens is 3. The lowest BCUT2D eigenvalue weighted by atomic mass is 9.66. The molecule has 3 aliphatic rings. The topological polar surface area (TPSA) is 24.9 Å². The quantitative estimate of drug-likeness (QED) is 0.740. The van der Waals surface area contributed by atoms with Gasteiger partial charge in [-0.25, -0.2) is 0 Å². The number of alkyl halides is 3. The number of nitrogens with one attached hydrogen (secondary N) is 1. The molecule has 1 aromatic heterocycles. The molecule has 5 heteroatoms. The summed E-state index contributed by atoms with van der Waals surface area (Å²) in [6, 6.07) is 5.36. The molecular formula is C19H19F3N2. The van der Waals surface area contributed by atoms with Crippen molar-refractivity contribution in [2.24, 2.45) is 0 Å². The van der Waals surface area contributed by atoms with Gasteiger partial charge in [-0.2, -0.15) is 13.2 Å². The minimum absolute atomic E-state index is 0.458. The van der Waals surface area contributed by atoms with E-state index in [1.54, 1.807) is 12.3 Å². The molecule has 24 heavy (non-hydrogen) atoms. The van der Waals surface area contributed by atoms with Crippen LogP contribution in [-0.4, -0.2) is 4.98 Å². The fraction of sp³-hybridized carbons (Fsp3) is 0.421. The summed E-state index contributed by atoms with van der Waals surface area (Å²) in [7, 11) is 0. The molecule has 2 bridgehead atoms. The van der Waals surface area contributed by atoms with Gasteiger partial charge in [0.2, 0.25) is 0 Å². The SMILES string of the molecule is Cc1ncc(Nc2cccc(C(F)(F)F)c2)c2c1C1CCC2CC1. The van der Waals surface area contributed by atoms with Crippen LogP contribution in [0.3, 0.4) is 0 Å². The van der Waals surface area contributed by atoms with Gasteiger partial charge in [-0.1, -0.05) is 6.07 Å². The lowest BCUT2D eigenvalue weighted by molar-refractivity contribution is -0.137. The molecule has 1 aromatic carbocycles. The zero-order chi connectivity index (χ0) is 16.9. The maximum absolute atomic E-state index is 12.9. The Balaban J connectivity index is 1.73. The van der Waals surface area contributed by atoms with Crippen molar-refractivity contribution >= 4 is 11.4 Å². The summed E-state index contributed by atoms with van der Waals surface area (Å²) < 4.78 is 38.7. The fourth-order valence-electron chi connectivity index (χ4n) is 4.29. The number of nitrogens with zero attached hydrogens (tertiary/aromatic N) is 1. The summed E-state index contributed by atoms with van der Waals surface area (Å²) in [4.78, 5) is 4.49. The van der Waals surface area contributed by atoms with Crippen LogP contribution in [0.25, 0.3) is 0 Å². The first-order valence-corrected chi connectivity index (χ1v) is 8.37. The predicted molar refractivity (Wildman–Crippen MR) is 87.7 cm³/mol. The third-order valence-electron chi connectivity index (χ3n) is 5.37. The Morgan fingerprint density at radius 2 is 1.71 bits per heavy atom. The normalized spacial score (nSPS) is 22.3. The fourth-order valence-corrected chi connectivity index (χ4v) is 4.29. The summed E-state index contributed by atoms with van der Waals surface area (Å²) in [6.07, 6.45) is 2.17. The van der Waals surface area contributed by atoms with Crippen molar-refractivity contribution in [3.63, 3.8) is 0 Å². The van der Waals surface area contributed by atoms with Gasteiger partial charge in [0.05, 0.1) is 17.4 Å². The van der Waals surface area contributed by atoms with E-state index in [1.807, 2.05) is 6.92 Å². The zero-order valence-electron chi connectivity index (χ0n) is 13.5. The molecule has 0 saturated heterocycles. The number of hydrogen-bond donors (Lipinski definition) is 1. The Bertz CT molecular complexity index is 775. The second-order valence-corrected chi connectivity index (χ2v) is 6.84. The van der Waals surface area contributed by atoms with Crippen LogP contribution < -0.4 is 5.32 Å². The van der Waals surface area contributed by atoms with Crippen molar-refractivity contribution < 1.29 is 13.2 Å². The van der Waals surface area contributed by atoms with Gasteiger partial charge >= 0.3 is 6.18 Å². The van der Waals surface area contributed by atoms with Gasteiger partial charge in [0.15, 0.2) is 0 Å². The maximum atomic E-state index is 12.9. The van der Waals surface area contributed by atoms with E-state index in [1.165, 1.54) is 42.9 Å². The largest absolute Gasteiger partial charge is 0.416 e. The third kappa shape index (κ3) is 2.56. The van der Waals surface area contributed by atoms with E-state index in [9.17, 15) is 13.2 Å². The molecule has 126 valence electrons. The van der Waals surface area contributed by atoms with Crippen LogP contribution in [-0.2, 0) is 6.18 Å². The van der Waals surface area contributed by atoms with Crippen molar-refractivity contribution in [2.45, 2.75) is 50.6 Å². The molecule has 0 radical (unpaired) electrons. The van der Waals surface area contributed by atoms with E-state index in [4.69, 9.17) is 0 Å². The number of aromatic nitrogens is 1. The van der Waals surface area contributed by atoms with Crippen molar-refractivity contribution in [3.05, 3.63) is 52.8 Å². The number of pyridine rings is 1. The molecule has 3 aliphatic carbocycles. The summed E-state index contributed by atoms with van der Waals surface area (Å²) in [6.45, 7) is 2.04. The number of aryl methyl sites for hydroxylation is 1. The van der Waals surface area contributed by atoms with E-state index < -0.39 is 11.7 Å². The Morgan fingerprint density at radius 1 is 1.04 bits per heavy atom. The number of benzene rings is 1. The molecule has 0 unspecified atom stereocenters. The molecule has 2 aromatic rings. The van der Waals surface area contributed by atoms with Crippen LogP contribution in [0.4, 0.5) is 24.5 Å².